The van der Waals surface area contributed by atoms with Gasteiger partial charge in [-0.2, -0.15) is 0 Å². The summed E-state index contributed by atoms with van der Waals surface area (Å²) in [5.41, 5.74) is 5.99. The molecule has 0 aromatic rings. The van der Waals surface area contributed by atoms with Gasteiger partial charge in [-0.15, -0.1) is 0 Å². The first-order valence-corrected chi connectivity index (χ1v) is 7.96. The number of hydrogen-bond acceptors (Lipinski definition) is 4. The maximum atomic E-state index is 12.2. The van der Waals surface area contributed by atoms with E-state index in [-0.39, 0.29) is 5.97 Å². The van der Waals surface area contributed by atoms with E-state index in [1.165, 1.54) is 6.42 Å². The van der Waals surface area contributed by atoms with Crippen molar-refractivity contribution in [2.24, 2.45) is 23.0 Å². The Morgan fingerprint density at radius 1 is 1.25 bits per heavy atom. The topological polar surface area (TPSA) is 55.6 Å². The molecule has 0 aromatic heterocycles. The van der Waals surface area contributed by atoms with E-state index in [9.17, 15) is 4.79 Å². The zero-order valence-corrected chi connectivity index (χ0v) is 13.4. The lowest BCUT2D eigenvalue weighted by molar-refractivity contribution is -0.151. The number of hydrogen-bond donors (Lipinski definition) is 1. The third kappa shape index (κ3) is 3.34. The van der Waals surface area contributed by atoms with Gasteiger partial charge in [0, 0.05) is 13.1 Å². The van der Waals surface area contributed by atoms with Crippen molar-refractivity contribution in [1.29, 1.82) is 0 Å². The number of nitrogens with zero attached hydrogens (tertiary/aromatic N) is 1. The molecule has 2 unspecified atom stereocenters. The summed E-state index contributed by atoms with van der Waals surface area (Å²) in [6.45, 7) is 11.9. The molecule has 0 radical (unpaired) electrons. The molecule has 2 atom stereocenters. The Labute approximate surface area is 123 Å². The molecule has 2 N–H and O–H groups in total. The fourth-order valence-electron chi connectivity index (χ4n) is 3.28. The highest BCUT2D eigenvalue weighted by Crippen LogP contribution is 2.41. The maximum absolute atomic E-state index is 12.2. The lowest BCUT2D eigenvalue weighted by atomic mass is 9.80. The SMILES string of the molecule is CCOC(=O)C(N)(CN1CCC(C(C)(C)C)C1)C1CC1. The molecule has 1 saturated carbocycles. The molecule has 1 aliphatic heterocycles. The number of carbonyl (C=O) groups excluding carboxylic acids is 1. The first kappa shape index (κ1) is 15.8. The summed E-state index contributed by atoms with van der Waals surface area (Å²) < 4.78 is 5.22. The van der Waals surface area contributed by atoms with Crippen molar-refractivity contribution in [1.82, 2.24) is 4.90 Å². The van der Waals surface area contributed by atoms with Crippen LogP contribution in [-0.4, -0.2) is 42.6 Å². The van der Waals surface area contributed by atoms with E-state index >= 15 is 0 Å². The van der Waals surface area contributed by atoms with Crippen LogP contribution in [0.15, 0.2) is 0 Å². The highest BCUT2D eigenvalue weighted by molar-refractivity contribution is 5.82. The van der Waals surface area contributed by atoms with E-state index in [1.54, 1.807) is 0 Å². The first-order chi connectivity index (χ1) is 9.27. The van der Waals surface area contributed by atoms with Gasteiger partial charge < -0.3 is 15.4 Å². The van der Waals surface area contributed by atoms with Crippen molar-refractivity contribution in [2.75, 3.05) is 26.2 Å². The number of esters is 1. The second-order valence-corrected chi connectivity index (χ2v) is 7.62. The maximum Gasteiger partial charge on any atom is 0.327 e. The van der Waals surface area contributed by atoms with Gasteiger partial charge in [0.25, 0.3) is 0 Å². The predicted octanol–water partition coefficient (Wildman–Crippen LogP) is 2.02. The third-order valence-corrected chi connectivity index (χ3v) is 4.94. The summed E-state index contributed by atoms with van der Waals surface area (Å²) in [5.74, 6) is 0.796. The molecule has 1 saturated heterocycles. The Bertz CT molecular complexity index is 360. The van der Waals surface area contributed by atoms with Crippen LogP contribution in [0, 0.1) is 17.3 Å². The van der Waals surface area contributed by atoms with Crippen molar-refractivity contribution in [2.45, 2.75) is 52.5 Å². The van der Waals surface area contributed by atoms with Crippen LogP contribution in [0.25, 0.3) is 0 Å². The lowest BCUT2D eigenvalue weighted by Gasteiger charge is -2.33. The highest BCUT2D eigenvalue weighted by Gasteiger charge is 2.50. The molecule has 0 aromatic carbocycles. The number of rotatable bonds is 5. The molecule has 0 bridgehead atoms. The minimum Gasteiger partial charge on any atom is -0.465 e. The predicted molar refractivity (Wildman–Crippen MR) is 80.3 cm³/mol. The summed E-state index contributed by atoms with van der Waals surface area (Å²) in [4.78, 5) is 14.6. The normalized spacial score (nSPS) is 27.4. The van der Waals surface area contributed by atoms with Crippen molar-refractivity contribution in [3.63, 3.8) is 0 Å². The molecule has 0 spiro atoms. The molecule has 2 aliphatic rings. The summed E-state index contributed by atoms with van der Waals surface area (Å²) in [5, 5.41) is 0. The van der Waals surface area contributed by atoms with Crippen LogP contribution in [0.3, 0.4) is 0 Å². The van der Waals surface area contributed by atoms with Crippen LogP contribution < -0.4 is 5.73 Å². The van der Waals surface area contributed by atoms with Gasteiger partial charge in [-0.1, -0.05) is 20.8 Å². The summed E-state index contributed by atoms with van der Waals surface area (Å²) in [6, 6.07) is 0. The van der Waals surface area contributed by atoms with Crippen molar-refractivity contribution >= 4 is 5.97 Å². The molecule has 4 heteroatoms. The Morgan fingerprint density at radius 2 is 1.90 bits per heavy atom. The van der Waals surface area contributed by atoms with Crippen LogP contribution in [0.4, 0.5) is 0 Å². The molecule has 116 valence electrons. The average molecular weight is 282 g/mol. The smallest absolute Gasteiger partial charge is 0.327 e. The Morgan fingerprint density at radius 3 is 2.35 bits per heavy atom. The van der Waals surface area contributed by atoms with E-state index in [4.69, 9.17) is 10.5 Å². The molecule has 4 nitrogen and oxygen atoms in total. The minimum absolute atomic E-state index is 0.207. The molecule has 2 rings (SSSR count). The van der Waals surface area contributed by atoms with Gasteiger partial charge in [-0.05, 0) is 50.0 Å². The minimum atomic E-state index is -0.789. The van der Waals surface area contributed by atoms with Crippen LogP contribution in [-0.2, 0) is 9.53 Å². The van der Waals surface area contributed by atoms with Crippen LogP contribution in [0.5, 0.6) is 0 Å². The van der Waals surface area contributed by atoms with Gasteiger partial charge in [-0.3, -0.25) is 0 Å². The second-order valence-electron chi connectivity index (χ2n) is 7.62. The number of carbonyl (C=O) groups is 1. The van der Waals surface area contributed by atoms with E-state index in [2.05, 4.69) is 25.7 Å². The van der Waals surface area contributed by atoms with Crippen LogP contribution >= 0.6 is 0 Å². The fourth-order valence-corrected chi connectivity index (χ4v) is 3.28. The van der Waals surface area contributed by atoms with Crippen LogP contribution in [0.2, 0.25) is 0 Å². The standard InChI is InChI=1S/C16H30N2O2/c1-5-20-14(19)16(17,12-6-7-12)11-18-9-8-13(10-18)15(2,3)4/h12-13H,5-11,17H2,1-4H3. The molecule has 1 aliphatic carbocycles. The summed E-state index contributed by atoms with van der Waals surface area (Å²) >= 11 is 0. The molecular formula is C16H30N2O2. The second kappa shape index (κ2) is 5.64. The summed E-state index contributed by atoms with van der Waals surface area (Å²) in [7, 11) is 0. The van der Waals surface area contributed by atoms with E-state index in [0.29, 0.717) is 30.4 Å². The number of ether oxygens (including phenoxy) is 1. The van der Waals surface area contributed by atoms with E-state index in [0.717, 1.165) is 25.9 Å². The molecular weight excluding hydrogens is 252 g/mol. The van der Waals surface area contributed by atoms with Gasteiger partial charge in [0.2, 0.25) is 0 Å². The Hall–Kier alpha value is -0.610. The number of likely N-dealkylation sites (tertiary alicyclic amines) is 1. The number of nitrogens with two attached hydrogens (primary N) is 1. The van der Waals surface area contributed by atoms with Gasteiger partial charge >= 0.3 is 5.97 Å². The third-order valence-electron chi connectivity index (χ3n) is 4.94. The molecule has 0 amide bonds. The Kier molecular flexibility index (Phi) is 4.45. The van der Waals surface area contributed by atoms with E-state index < -0.39 is 5.54 Å². The average Bonchev–Trinajstić information content (AvgIpc) is 3.09. The largest absolute Gasteiger partial charge is 0.465 e. The molecule has 20 heavy (non-hydrogen) atoms. The van der Waals surface area contributed by atoms with Gasteiger partial charge in [-0.25, -0.2) is 4.79 Å². The van der Waals surface area contributed by atoms with Crippen LogP contribution in [0.1, 0.15) is 47.0 Å². The zero-order valence-electron chi connectivity index (χ0n) is 13.4. The van der Waals surface area contributed by atoms with E-state index in [1.807, 2.05) is 6.92 Å². The summed E-state index contributed by atoms with van der Waals surface area (Å²) in [6.07, 6.45) is 3.32. The van der Waals surface area contributed by atoms with Gasteiger partial charge in [0.05, 0.1) is 6.61 Å². The Balaban J connectivity index is 1.98. The zero-order chi connectivity index (χ0) is 15.0. The van der Waals surface area contributed by atoms with Crippen molar-refractivity contribution in [3.05, 3.63) is 0 Å². The molecule has 2 fully saturated rings. The first-order valence-electron chi connectivity index (χ1n) is 7.96. The quantitative estimate of drug-likeness (QED) is 0.784. The van der Waals surface area contributed by atoms with Gasteiger partial charge in [0.1, 0.15) is 5.54 Å². The monoisotopic (exact) mass is 282 g/mol. The van der Waals surface area contributed by atoms with Gasteiger partial charge in [0.15, 0.2) is 0 Å². The highest BCUT2D eigenvalue weighted by atomic mass is 16.5. The lowest BCUT2D eigenvalue weighted by Crippen LogP contribution is -2.58. The fraction of sp³-hybridized carbons (Fsp3) is 0.938. The molecule has 1 heterocycles. The van der Waals surface area contributed by atoms with Crippen molar-refractivity contribution < 1.29 is 9.53 Å². The van der Waals surface area contributed by atoms with Crippen molar-refractivity contribution in [3.8, 4) is 0 Å².